The molecule has 1 spiro atoms. The first-order valence-corrected chi connectivity index (χ1v) is 13.5. The predicted molar refractivity (Wildman–Crippen MR) is 137 cm³/mol. The highest BCUT2D eigenvalue weighted by Crippen LogP contribution is 2.32. The molecule has 4 aliphatic rings. The van der Waals surface area contributed by atoms with Crippen molar-refractivity contribution in [1.82, 2.24) is 20.4 Å². The maximum atomic E-state index is 10.3. The summed E-state index contributed by atoms with van der Waals surface area (Å²) in [5, 5.41) is 28.2. The molecule has 4 unspecified atom stereocenters. The van der Waals surface area contributed by atoms with E-state index in [1.807, 2.05) is 23.6 Å². The largest absolute Gasteiger partial charge is 0.373 e. The quantitative estimate of drug-likeness (QED) is 0.333. The van der Waals surface area contributed by atoms with Crippen molar-refractivity contribution < 1.29 is 29.2 Å². The molecule has 4 aliphatic heterocycles. The van der Waals surface area contributed by atoms with Gasteiger partial charge in [-0.15, -0.1) is 0 Å². The van der Waals surface area contributed by atoms with Crippen LogP contribution in [0.4, 0.5) is 0 Å². The van der Waals surface area contributed by atoms with Crippen molar-refractivity contribution in [2.75, 3.05) is 39.5 Å². The molecule has 4 atom stereocenters. The number of thiocarbonyl (C=S) groups is 2. The Morgan fingerprint density at radius 3 is 1.49 bits per heavy atom. The van der Waals surface area contributed by atoms with E-state index < -0.39 is 12.5 Å². The van der Waals surface area contributed by atoms with Crippen LogP contribution in [0.2, 0.25) is 0 Å². The summed E-state index contributed by atoms with van der Waals surface area (Å²) in [6.45, 7) is 7.49. The van der Waals surface area contributed by atoms with E-state index in [1.165, 1.54) is 0 Å². The molecule has 0 bridgehead atoms. The van der Waals surface area contributed by atoms with E-state index >= 15 is 0 Å². The Hall–Kier alpha value is -0.860. The minimum Gasteiger partial charge on any atom is -0.373 e. The summed E-state index contributed by atoms with van der Waals surface area (Å²) in [6.07, 6.45) is 2.79. The number of aliphatic hydroxyl groups is 2. The summed E-state index contributed by atoms with van der Waals surface area (Å²) in [5.41, 5.74) is -0.275. The van der Waals surface area contributed by atoms with E-state index in [4.69, 9.17) is 43.4 Å². The van der Waals surface area contributed by atoms with Crippen molar-refractivity contribution in [3.8, 4) is 0 Å². The van der Waals surface area contributed by atoms with Crippen LogP contribution in [0.15, 0.2) is 0 Å². The van der Waals surface area contributed by atoms with Crippen molar-refractivity contribution in [3.05, 3.63) is 0 Å². The van der Waals surface area contributed by atoms with Gasteiger partial charge in [-0.1, -0.05) is 0 Å². The van der Waals surface area contributed by atoms with Crippen molar-refractivity contribution in [2.45, 2.75) is 89.5 Å². The van der Waals surface area contributed by atoms with Crippen LogP contribution < -0.4 is 10.6 Å². The molecule has 4 saturated heterocycles. The summed E-state index contributed by atoms with van der Waals surface area (Å²) >= 11 is 10.7. The molecule has 0 radical (unpaired) electrons. The van der Waals surface area contributed by atoms with Crippen LogP contribution >= 0.6 is 24.4 Å². The van der Waals surface area contributed by atoms with E-state index in [-0.39, 0.29) is 30.1 Å². The first-order valence-electron chi connectivity index (χ1n) is 12.7. The summed E-state index contributed by atoms with van der Waals surface area (Å²) in [7, 11) is 0. The van der Waals surface area contributed by atoms with Crippen molar-refractivity contribution >= 4 is 34.7 Å². The van der Waals surface area contributed by atoms with Gasteiger partial charge >= 0.3 is 0 Å². The first kappa shape index (κ1) is 27.2. The minimum absolute atomic E-state index is 0.191. The number of hydrogen-bond donors (Lipinski definition) is 4. The molecule has 0 aromatic rings. The smallest absolute Gasteiger partial charge is 0.171 e. The third-order valence-corrected chi connectivity index (χ3v) is 7.79. The lowest BCUT2D eigenvalue weighted by Gasteiger charge is -2.44. The van der Waals surface area contributed by atoms with Gasteiger partial charge in [0.2, 0.25) is 0 Å². The molecule has 0 amide bonds. The average molecular weight is 533 g/mol. The molecule has 0 aromatic carbocycles. The molecule has 12 heteroatoms. The highest BCUT2D eigenvalue weighted by atomic mass is 32.1. The van der Waals surface area contributed by atoms with Crippen molar-refractivity contribution in [3.63, 3.8) is 0 Å². The van der Waals surface area contributed by atoms with Gasteiger partial charge in [-0.05, 0) is 51.1 Å². The van der Waals surface area contributed by atoms with Crippen LogP contribution in [0.5, 0.6) is 0 Å². The molecule has 4 rings (SSSR count). The molecular formula is C23H40N4O6S2. The van der Waals surface area contributed by atoms with Crippen molar-refractivity contribution in [2.24, 2.45) is 5.41 Å². The fourth-order valence-corrected chi connectivity index (χ4v) is 5.81. The third kappa shape index (κ3) is 7.13. The van der Waals surface area contributed by atoms with Gasteiger partial charge in [0, 0.05) is 50.9 Å². The van der Waals surface area contributed by atoms with Crippen molar-refractivity contribution in [1.29, 1.82) is 0 Å². The number of rotatable bonds is 8. The van der Waals surface area contributed by atoms with Gasteiger partial charge in [-0.2, -0.15) is 0 Å². The van der Waals surface area contributed by atoms with Gasteiger partial charge in [0.25, 0.3) is 0 Å². The van der Waals surface area contributed by atoms with Crippen LogP contribution in [-0.2, 0) is 18.9 Å². The predicted octanol–water partition coefficient (Wildman–Crippen LogP) is 0.853. The normalized spacial score (nSPS) is 38.4. The Kier molecular flexibility index (Phi) is 9.41. The zero-order chi connectivity index (χ0) is 25.0. The molecular weight excluding hydrogens is 492 g/mol. The van der Waals surface area contributed by atoms with E-state index in [9.17, 15) is 10.2 Å². The standard InChI is InChI=1S/C23H40N4O6S2/c1-15-9-17(28)26(21(34)24-15)7-3-5-19-30-11-23(12-31-19)13-32-20(33-14-23)6-4-8-27-18(29)10-16(2)25-22(27)35/h15-20,28-29H,3-14H2,1-2H3,(H,24,34)(H,25,35). The second-order valence-electron chi connectivity index (χ2n) is 10.4. The number of ether oxygens (including phenoxy) is 4. The van der Waals surface area contributed by atoms with Gasteiger partial charge < -0.3 is 49.6 Å². The lowest BCUT2D eigenvalue weighted by molar-refractivity contribution is -0.304. The summed E-state index contributed by atoms with van der Waals surface area (Å²) in [4.78, 5) is 3.66. The molecule has 200 valence electrons. The van der Waals surface area contributed by atoms with Crippen LogP contribution in [0.25, 0.3) is 0 Å². The highest BCUT2D eigenvalue weighted by Gasteiger charge is 2.42. The molecule has 0 aliphatic carbocycles. The van der Waals surface area contributed by atoms with Gasteiger partial charge in [-0.3, -0.25) is 0 Å². The Morgan fingerprint density at radius 1 is 0.771 bits per heavy atom. The van der Waals surface area contributed by atoms with E-state index in [0.29, 0.717) is 62.6 Å². The minimum atomic E-state index is -0.540. The molecule has 0 aromatic heterocycles. The molecule has 35 heavy (non-hydrogen) atoms. The van der Waals surface area contributed by atoms with Gasteiger partial charge in [-0.25, -0.2) is 0 Å². The van der Waals surface area contributed by atoms with Gasteiger partial charge in [0.05, 0.1) is 31.8 Å². The molecule has 4 N–H and O–H groups in total. The monoisotopic (exact) mass is 532 g/mol. The third-order valence-electron chi connectivity index (χ3n) is 7.09. The second-order valence-corrected chi connectivity index (χ2v) is 11.2. The fraction of sp³-hybridized carbons (Fsp3) is 0.913. The first-order chi connectivity index (χ1) is 16.7. The maximum Gasteiger partial charge on any atom is 0.171 e. The van der Waals surface area contributed by atoms with E-state index in [1.54, 1.807) is 0 Å². The number of hydrogen-bond acceptors (Lipinski definition) is 8. The Morgan fingerprint density at radius 2 is 1.14 bits per heavy atom. The van der Waals surface area contributed by atoms with Crippen LogP contribution in [-0.4, -0.2) is 107 Å². The maximum absolute atomic E-state index is 10.3. The van der Waals surface area contributed by atoms with Crippen LogP contribution in [0.3, 0.4) is 0 Å². The summed E-state index contributed by atoms with van der Waals surface area (Å²) < 4.78 is 24.0. The zero-order valence-electron chi connectivity index (χ0n) is 20.7. The highest BCUT2D eigenvalue weighted by molar-refractivity contribution is 7.80. The lowest BCUT2D eigenvalue weighted by Crippen LogP contribution is -2.56. The van der Waals surface area contributed by atoms with Crippen LogP contribution in [0, 0.1) is 5.41 Å². The van der Waals surface area contributed by atoms with Gasteiger partial charge in [0.15, 0.2) is 22.8 Å². The SMILES string of the molecule is CC1CC(O)N(CCCC2OCC3(CO2)COC(CCCN2C(=S)NC(C)CC2O)OC3)C(=S)N1. The Balaban J connectivity index is 1.10. The number of nitrogens with one attached hydrogen (secondary N) is 2. The zero-order valence-corrected chi connectivity index (χ0v) is 22.3. The van der Waals surface area contributed by atoms with Gasteiger partial charge in [0.1, 0.15) is 12.5 Å². The number of aliphatic hydroxyl groups excluding tert-OH is 2. The fourth-order valence-electron chi connectivity index (χ4n) is 4.98. The lowest BCUT2D eigenvalue weighted by atomic mass is 9.90. The summed E-state index contributed by atoms with van der Waals surface area (Å²) in [5.74, 6) is 0. The van der Waals surface area contributed by atoms with E-state index in [0.717, 1.165) is 25.7 Å². The topological polar surface area (TPSA) is 108 Å². The Labute approximate surface area is 218 Å². The Bertz CT molecular complexity index is 669. The molecule has 0 saturated carbocycles. The summed E-state index contributed by atoms with van der Waals surface area (Å²) in [6, 6.07) is 0.382. The molecule has 4 fully saturated rings. The number of nitrogens with zero attached hydrogens (tertiary/aromatic N) is 2. The molecule has 10 nitrogen and oxygen atoms in total. The van der Waals surface area contributed by atoms with Crippen LogP contribution in [0.1, 0.15) is 52.4 Å². The second kappa shape index (κ2) is 12.1. The van der Waals surface area contributed by atoms with E-state index in [2.05, 4.69) is 10.6 Å². The molecule has 4 heterocycles. The average Bonchev–Trinajstić information content (AvgIpc) is 2.80.